The standard InChI is InChI=1S/C15H23N3O4S/c1-10-14(11(2)22-17-10)23(20,21)16-9-15-7-4-5-12(15)18(3)13(19)6-8-15/h12,16H,4-9H2,1-3H3. The predicted molar refractivity (Wildman–Crippen MR) is 83.2 cm³/mol. The molecule has 1 aromatic rings. The van der Waals surface area contributed by atoms with Crippen LogP contribution >= 0.6 is 0 Å². The molecule has 0 bridgehead atoms. The fourth-order valence-electron chi connectivity index (χ4n) is 4.19. The highest BCUT2D eigenvalue weighted by atomic mass is 32.2. The van der Waals surface area contributed by atoms with E-state index in [0.29, 0.717) is 24.4 Å². The molecule has 23 heavy (non-hydrogen) atoms. The molecule has 128 valence electrons. The Morgan fingerprint density at radius 1 is 1.39 bits per heavy atom. The van der Waals surface area contributed by atoms with Crippen LogP contribution in [0.25, 0.3) is 0 Å². The highest BCUT2D eigenvalue weighted by molar-refractivity contribution is 7.89. The average molecular weight is 341 g/mol. The Morgan fingerprint density at radius 2 is 2.13 bits per heavy atom. The van der Waals surface area contributed by atoms with E-state index in [1.165, 1.54) is 0 Å². The van der Waals surface area contributed by atoms with Gasteiger partial charge in [-0.1, -0.05) is 11.6 Å². The summed E-state index contributed by atoms with van der Waals surface area (Å²) in [5, 5.41) is 3.72. The number of amides is 1. The van der Waals surface area contributed by atoms with Gasteiger partial charge in [0.1, 0.15) is 10.6 Å². The van der Waals surface area contributed by atoms with Crippen LogP contribution in [0.1, 0.15) is 43.6 Å². The van der Waals surface area contributed by atoms with E-state index in [2.05, 4.69) is 9.88 Å². The van der Waals surface area contributed by atoms with Gasteiger partial charge in [0, 0.05) is 31.5 Å². The number of sulfonamides is 1. The number of fused-ring (bicyclic) bond motifs is 1. The van der Waals surface area contributed by atoms with Crippen LogP contribution in [-0.4, -0.2) is 44.0 Å². The maximum absolute atomic E-state index is 12.6. The number of carbonyl (C=O) groups is 1. The zero-order chi connectivity index (χ0) is 16.8. The summed E-state index contributed by atoms with van der Waals surface area (Å²) in [5.74, 6) is 0.451. The number of carbonyl (C=O) groups excluding carboxylic acids is 1. The fourth-order valence-corrected chi connectivity index (χ4v) is 5.65. The molecular weight excluding hydrogens is 318 g/mol. The minimum absolute atomic E-state index is 0.121. The van der Waals surface area contributed by atoms with Gasteiger partial charge in [-0.25, -0.2) is 13.1 Å². The number of piperidine rings is 1. The Hall–Kier alpha value is -1.41. The van der Waals surface area contributed by atoms with Gasteiger partial charge in [-0.2, -0.15) is 0 Å². The maximum atomic E-state index is 12.6. The molecule has 8 heteroatoms. The van der Waals surface area contributed by atoms with Crippen LogP contribution in [-0.2, 0) is 14.8 Å². The third kappa shape index (κ3) is 2.67. The van der Waals surface area contributed by atoms with Crippen LogP contribution < -0.4 is 4.72 Å². The van der Waals surface area contributed by atoms with E-state index in [9.17, 15) is 13.2 Å². The second-order valence-corrected chi connectivity index (χ2v) is 8.46. The van der Waals surface area contributed by atoms with Gasteiger partial charge < -0.3 is 9.42 Å². The summed E-state index contributed by atoms with van der Waals surface area (Å²) in [7, 11) is -1.83. The molecule has 1 aliphatic heterocycles. The lowest BCUT2D eigenvalue weighted by Crippen LogP contribution is -2.54. The molecule has 1 aliphatic carbocycles. The van der Waals surface area contributed by atoms with Gasteiger partial charge in [-0.05, 0) is 33.1 Å². The lowest BCUT2D eigenvalue weighted by molar-refractivity contribution is -0.139. The Labute approximate surface area is 136 Å². The average Bonchev–Trinajstić information content (AvgIpc) is 3.06. The molecule has 2 atom stereocenters. The number of rotatable bonds is 4. The molecule has 2 unspecified atom stereocenters. The molecule has 7 nitrogen and oxygen atoms in total. The van der Waals surface area contributed by atoms with E-state index >= 15 is 0 Å². The summed E-state index contributed by atoms with van der Waals surface area (Å²) in [4.78, 5) is 13.9. The topological polar surface area (TPSA) is 92.5 Å². The quantitative estimate of drug-likeness (QED) is 0.893. The zero-order valence-corrected chi connectivity index (χ0v) is 14.6. The van der Waals surface area contributed by atoms with Crippen LogP contribution in [0, 0.1) is 19.3 Å². The molecular formula is C15H23N3O4S. The normalized spacial score (nSPS) is 28.2. The van der Waals surface area contributed by atoms with Gasteiger partial charge in [0.05, 0.1) is 0 Å². The molecule has 1 amide bonds. The number of aryl methyl sites for hydroxylation is 2. The highest BCUT2D eigenvalue weighted by Crippen LogP contribution is 2.47. The van der Waals surface area contributed by atoms with Crippen molar-refractivity contribution in [3.05, 3.63) is 11.5 Å². The van der Waals surface area contributed by atoms with Gasteiger partial charge in [-0.15, -0.1) is 0 Å². The predicted octanol–water partition coefficient (Wildman–Crippen LogP) is 1.36. The van der Waals surface area contributed by atoms with Crippen molar-refractivity contribution in [2.75, 3.05) is 13.6 Å². The Morgan fingerprint density at radius 3 is 2.78 bits per heavy atom. The van der Waals surface area contributed by atoms with Crippen molar-refractivity contribution in [2.24, 2.45) is 5.41 Å². The molecule has 3 rings (SSSR count). The van der Waals surface area contributed by atoms with E-state index in [4.69, 9.17) is 4.52 Å². The Bertz CT molecular complexity index is 708. The van der Waals surface area contributed by atoms with E-state index in [1.54, 1.807) is 18.7 Å². The minimum Gasteiger partial charge on any atom is -0.360 e. The third-order valence-electron chi connectivity index (χ3n) is 5.41. The first-order valence-electron chi connectivity index (χ1n) is 7.95. The number of hydrogen-bond donors (Lipinski definition) is 1. The highest BCUT2D eigenvalue weighted by Gasteiger charge is 2.49. The van der Waals surface area contributed by atoms with E-state index < -0.39 is 10.0 Å². The maximum Gasteiger partial charge on any atom is 0.245 e. The first kappa shape index (κ1) is 16.4. The summed E-state index contributed by atoms with van der Waals surface area (Å²) < 4.78 is 32.9. The lowest BCUT2D eigenvalue weighted by atomic mass is 9.75. The van der Waals surface area contributed by atoms with Gasteiger partial charge in [0.2, 0.25) is 15.9 Å². The van der Waals surface area contributed by atoms with Crippen molar-refractivity contribution in [2.45, 2.75) is 56.9 Å². The van der Waals surface area contributed by atoms with Crippen LogP contribution in [0.5, 0.6) is 0 Å². The first-order chi connectivity index (χ1) is 10.8. The van der Waals surface area contributed by atoms with Crippen LogP contribution in [0.2, 0.25) is 0 Å². The van der Waals surface area contributed by atoms with Crippen molar-refractivity contribution in [3.63, 3.8) is 0 Å². The summed E-state index contributed by atoms with van der Waals surface area (Å²) in [6, 6.07) is 0.121. The van der Waals surface area contributed by atoms with Crippen molar-refractivity contribution in [1.82, 2.24) is 14.8 Å². The molecule has 1 aromatic heterocycles. The third-order valence-corrected chi connectivity index (χ3v) is 7.05. The number of aromatic nitrogens is 1. The second-order valence-electron chi connectivity index (χ2n) is 6.75. The number of hydrogen-bond acceptors (Lipinski definition) is 5. The fraction of sp³-hybridized carbons (Fsp3) is 0.733. The largest absolute Gasteiger partial charge is 0.360 e. The molecule has 2 fully saturated rings. The molecule has 0 spiro atoms. The Kier molecular flexibility index (Phi) is 4.00. The van der Waals surface area contributed by atoms with Crippen molar-refractivity contribution < 1.29 is 17.7 Å². The number of likely N-dealkylation sites (tertiary alicyclic amines) is 1. The van der Waals surface area contributed by atoms with Crippen LogP contribution in [0.4, 0.5) is 0 Å². The molecule has 2 aliphatic rings. The number of nitrogens with zero attached hydrogens (tertiary/aromatic N) is 2. The Balaban J connectivity index is 1.81. The summed E-state index contributed by atoms with van der Waals surface area (Å²) in [6.45, 7) is 3.56. The van der Waals surface area contributed by atoms with Gasteiger partial charge in [0.15, 0.2) is 5.76 Å². The molecule has 0 radical (unpaired) electrons. The van der Waals surface area contributed by atoms with Gasteiger partial charge in [0.25, 0.3) is 0 Å². The summed E-state index contributed by atoms with van der Waals surface area (Å²) in [6.07, 6.45) is 4.13. The first-order valence-corrected chi connectivity index (χ1v) is 9.43. The summed E-state index contributed by atoms with van der Waals surface area (Å²) in [5.41, 5.74) is 0.209. The van der Waals surface area contributed by atoms with Crippen LogP contribution in [0.15, 0.2) is 9.42 Å². The minimum atomic E-state index is -3.66. The smallest absolute Gasteiger partial charge is 0.245 e. The monoisotopic (exact) mass is 341 g/mol. The van der Waals surface area contributed by atoms with Crippen molar-refractivity contribution in [3.8, 4) is 0 Å². The SMILES string of the molecule is Cc1noc(C)c1S(=O)(=O)NCC12CCCC1N(C)C(=O)CC2. The van der Waals surface area contributed by atoms with Crippen molar-refractivity contribution >= 4 is 15.9 Å². The van der Waals surface area contributed by atoms with E-state index in [-0.39, 0.29) is 22.3 Å². The molecule has 0 aromatic carbocycles. The molecule has 2 heterocycles. The van der Waals surface area contributed by atoms with Crippen molar-refractivity contribution in [1.29, 1.82) is 0 Å². The second kappa shape index (κ2) is 5.59. The number of nitrogens with one attached hydrogen (secondary N) is 1. The van der Waals surface area contributed by atoms with Gasteiger partial charge in [-0.3, -0.25) is 4.79 Å². The molecule has 1 saturated heterocycles. The zero-order valence-electron chi connectivity index (χ0n) is 13.8. The molecule has 1 saturated carbocycles. The lowest BCUT2D eigenvalue weighted by Gasteiger charge is -2.44. The van der Waals surface area contributed by atoms with Crippen LogP contribution in [0.3, 0.4) is 0 Å². The van der Waals surface area contributed by atoms with E-state index in [0.717, 1.165) is 25.7 Å². The van der Waals surface area contributed by atoms with Gasteiger partial charge >= 0.3 is 0 Å². The molecule has 1 N–H and O–H groups in total. The van der Waals surface area contributed by atoms with E-state index in [1.807, 2.05) is 7.05 Å². The summed E-state index contributed by atoms with van der Waals surface area (Å²) >= 11 is 0.